The van der Waals surface area contributed by atoms with E-state index in [1.54, 1.807) is 12.1 Å². The number of halogens is 2. The topological polar surface area (TPSA) is 32.3 Å². The fourth-order valence-electron chi connectivity index (χ4n) is 1.77. The maximum atomic E-state index is 11.9. The van der Waals surface area contributed by atoms with Crippen LogP contribution in [0.4, 0.5) is 5.69 Å². The summed E-state index contributed by atoms with van der Waals surface area (Å²) in [6, 6.07) is 7.24. The first-order chi connectivity index (χ1) is 9.02. The molecule has 1 rings (SSSR count). The van der Waals surface area contributed by atoms with E-state index in [9.17, 15) is 4.79 Å². The van der Waals surface area contributed by atoms with Crippen molar-refractivity contribution in [3.05, 3.63) is 41.4 Å². The molecule has 0 atom stereocenters. The minimum atomic E-state index is -0.0201. The molecule has 3 nitrogen and oxygen atoms in total. The van der Waals surface area contributed by atoms with E-state index < -0.39 is 0 Å². The second-order valence-electron chi connectivity index (χ2n) is 4.60. The van der Waals surface area contributed by atoms with Gasteiger partial charge >= 0.3 is 0 Å². The normalized spacial score (nSPS) is 10.0. The lowest BCUT2D eigenvalue weighted by Crippen LogP contribution is -2.29. The lowest BCUT2D eigenvalue weighted by molar-refractivity contribution is -0.116. The van der Waals surface area contributed by atoms with Gasteiger partial charge in [-0.05, 0) is 25.6 Å². The Kier molecular flexibility index (Phi) is 9.30. The van der Waals surface area contributed by atoms with Crippen molar-refractivity contribution in [1.29, 1.82) is 0 Å². The highest BCUT2D eigenvalue weighted by atomic mass is 35.5. The maximum absolute atomic E-state index is 11.9. The van der Waals surface area contributed by atoms with Crippen LogP contribution in [0.5, 0.6) is 0 Å². The second-order valence-corrected chi connectivity index (χ2v) is 5.01. The van der Waals surface area contributed by atoms with Crippen LogP contribution in [0.3, 0.4) is 0 Å². The first kappa shape index (κ1) is 19.0. The first-order valence-corrected chi connectivity index (χ1v) is 6.81. The predicted molar refractivity (Wildman–Crippen MR) is 88.9 cm³/mol. The summed E-state index contributed by atoms with van der Waals surface area (Å²) in [4.78, 5) is 14.0. The van der Waals surface area contributed by atoms with Gasteiger partial charge in [0.1, 0.15) is 0 Å². The van der Waals surface area contributed by atoms with E-state index in [-0.39, 0.29) is 18.3 Å². The molecule has 1 amide bonds. The SMILES string of the molecule is C=C(C)CN(CC)CCC(=O)Nc1ccccc1Cl.Cl. The van der Waals surface area contributed by atoms with Gasteiger partial charge in [-0.15, -0.1) is 12.4 Å². The van der Waals surface area contributed by atoms with Gasteiger partial charge in [-0.25, -0.2) is 0 Å². The standard InChI is InChI=1S/C15H21ClN2O.ClH/c1-4-18(11-12(2)3)10-9-15(19)17-14-8-6-5-7-13(14)16;/h5-8H,2,4,9-11H2,1,3H3,(H,17,19);1H. The molecule has 0 spiro atoms. The van der Waals surface area contributed by atoms with Crippen LogP contribution in [0.1, 0.15) is 20.3 Å². The number of para-hydroxylation sites is 1. The maximum Gasteiger partial charge on any atom is 0.225 e. The number of likely N-dealkylation sites (N-methyl/N-ethyl adjacent to an activating group) is 1. The van der Waals surface area contributed by atoms with Gasteiger partial charge in [-0.2, -0.15) is 0 Å². The number of hydrogen-bond donors (Lipinski definition) is 1. The van der Waals surface area contributed by atoms with Crippen LogP contribution in [-0.4, -0.2) is 30.4 Å². The van der Waals surface area contributed by atoms with Crippen molar-refractivity contribution in [2.24, 2.45) is 0 Å². The largest absolute Gasteiger partial charge is 0.325 e. The highest BCUT2D eigenvalue weighted by Gasteiger charge is 2.08. The van der Waals surface area contributed by atoms with E-state index in [0.717, 1.165) is 25.2 Å². The molecule has 0 aliphatic heterocycles. The molecular formula is C15H22Cl2N2O. The molecule has 0 aliphatic carbocycles. The van der Waals surface area contributed by atoms with E-state index in [1.165, 1.54) is 0 Å². The van der Waals surface area contributed by atoms with Gasteiger partial charge in [0.2, 0.25) is 5.91 Å². The molecule has 0 saturated heterocycles. The van der Waals surface area contributed by atoms with Crippen molar-refractivity contribution in [2.45, 2.75) is 20.3 Å². The number of rotatable bonds is 7. The third-order valence-electron chi connectivity index (χ3n) is 2.74. The molecule has 0 radical (unpaired) electrons. The van der Waals surface area contributed by atoms with Gasteiger partial charge < -0.3 is 5.32 Å². The summed E-state index contributed by atoms with van der Waals surface area (Å²) in [6.45, 7) is 10.4. The summed E-state index contributed by atoms with van der Waals surface area (Å²) < 4.78 is 0. The molecular weight excluding hydrogens is 295 g/mol. The summed E-state index contributed by atoms with van der Waals surface area (Å²) in [5.41, 5.74) is 1.77. The average Bonchev–Trinajstić information content (AvgIpc) is 2.37. The van der Waals surface area contributed by atoms with Crippen LogP contribution in [0, 0.1) is 0 Å². The smallest absolute Gasteiger partial charge is 0.225 e. The fraction of sp³-hybridized carbons (Fsp3) is 0.400. The lowest BCUT2D eigenvalue weighted by atomic mass is 10.2. The van der Waals surface area contributed by atoms with Gasteiger partial charge in [0.05, 0.1) is 10.7 Å². The van der Waals surface area contributed by atoms with Gasteiger partial charge in [-0.1, -0.05) is 42.8 Å². The Labute approximate surface area is 132 Å². The highest BCUT2D eigenvalue weighted by molar-refractivity contribution is 6.33. The Morgan fingerprint density at radius 3 is 2.60 bits per heavy atom. The van der Waals surface area contributed by atoms with Crippen LogP contribution in [0.25, 0.3) is 0 Å². The Morgan fingerprint density at radius 1 is 1.40 bits per heavy atom. The first-order valence-electron chi connectivity index (χ1n) is 6.44. The predicted octanol–water partition coefficient (Wildman–Crippen LogP) is 3.99. The molecule has 5 heteroatoms. The summed E-state index contributed by atoms with van der Waals surface area (Å²) in [7, 11) is 0. The Balaban J connectivity index is 0.00000361. The fourth-order valence-corrected chi connectivity index (χ4v) is 1.95. The molecule has 1 N–H and O–H groups in total. The van der Waals surface area contributed by atoms with Crippen LogP contribution in [0.2, 0.25) is 5.02 Å². The Bertz CT molecular complexity index is 449. The molecule has 112 valence electrons. The Hall–Kier alpha value is -1.03. The van der Waals surface area contributed by atoms with E-state index in [4.69, 9.17) is 11.6 Å². The van der Waals surface area contributed by atoms with Crippen LogP contribution in [-0.2, 0) is 4.79 Å². The molecule has 0 heterocycles. The lowest BCUT2D eigenvalue weighted by Gasteiger charge is -2.20. The zero-order chi connectivity index (χ0) is 14.3. The zero-order valence-electron chi connectivity index (χ0n) is 12.0. The van der Waals surface area contributed by atoms with Crippen molar-refractivity contribution < 1.29 is 4.79 Å². The summed E-state index contributed by atoms with van der Waals surface area (Å²) in [6.07, 6.45) is 0.451. The van der Waals surface area contributed by atoms with Crippen LogP contribution < -0.4 is 5.32 Å². The number of carbonyl (C=O) groups is 1. The van der Waals surface area contributed by atoms with E-state index in [2.05, 4.69) is 23.7 Å². The molecule has 1 aromatic rings. The third kappa shape index (κ3) is 6.94. The molecule has 0 unspecified atom stereocenters. The number of anilines is 1. The highest BCUT2D eigenvalue weighted by Crippen LogP contribution is 2.20. The van der Waals surface area contributed by atoms with Crippen molar-refractivity contribution in [3.63, 3.8) is 0 Å². The number of nitrogens with one attached hydrogen (secondary N) is 1. The molecule has 0 fully saturated rings. The van der Waals surface area contributed by atoms with Gasteiger partial charge in [0.15, 0.2) is 0 Å². The zero-order valence-corrected chi connectivity index (χ0v) is 13.6. The number of amides is 1. The van der Waals surface area contributed by atoms with Crippen molar-refractivity contribution in [2.75, 3.05) is 25.0 Å². The molecule has 0 bridgehead atoms. The monoisotopic (exact) mass is 316 g/mol. The van der Waals surface area contributed by atoms with Crippen LogP contribution in [0.15, 0.2) is 36.4 Å². The minimum Gasteiger partial charge on any atom is -0.325 e. The summed E-state index contributed by atoms with van der Waals surface area (Å²) >= 11 is 5.99. The van der Waals surface area contributed by atoms with E-state index in [1.807, 2.05) is 19.1 Å². The Morgan fingerprint density at radius 2 is 2.05 bits per heavy atom. The molecule has 20 heavy (non-hydrogen) atoms. The van der Waals surface area contributed by atoms with E-state index >= 15 is 0 Å². The molecule has 0 aliphatic rings. The average molecular weight is 317 g/mol. The molecule has 0 saturated carbocycles. The number of hydrogen-bond acceptors (Lipinski definition) is 2. The van der Waals surface area contributed by atoms with Gasteiger partial charge in [0.25, 0.3) is 0 Å². The number of nitrogens with zero attached hydrogens (tertiary/aromatic N) is 1. The summed E-state index contributed by atoms with van der Waals surface area (Å²) in [5, 5.41) is 3.38. The van der Waals surface area contributed by atoms with Gasteiger partial charge in [0, 0.05) is 19.5 Å². The molecule has 1 aromatic carbocycles. The van der Waals surface area contributed by atoms with Crippen molar-refractivity contribution >= 4 is 35.6 Å². The minimum absolute atomic E-state index is 0. The van der Waals surface area contributed by atoms with Crippen molar-refractivity contribution in [1.82, 2.24) is 4.90 Å². The number of carbonyl (C=O) groups excluding carboxylic acids is 1. The summed E-state index contributed by atoms with van der Waals surface area (Å²) in [5.74, 6) is -0.0201. The number of benzene rings is 1. The quantitative estimate of drug-likeness (QED) is 0.771. The molecule has 0 aromatic heterocycles. The van der Waals surface area contributed by atoms with Crippen LogP contribution >= 0.6 is 24.0 Å². The van der Waals surface area contributed by atoms with E-state index in [0.29, 0.717) is 17.1 Å². The second kappa shape index (κ2) is 9.81. The van der Waals surface area contributed by atoms with Gasteiger partial charge in [-0.3, -0.25) is 9.69 Å². The van der Waals surface area contributed by atoms with Crippen molar-refractivity contribution in [3.8, 4) is 0 Å². The third-order valence-corrected chi connectivity index (χ3v) is 3.07.